The van der Waals surface area contributed by atoms with Crippen LogP contribution in [0.5, 0.6) is 0 Å². The van der Waals surface area contributed by atoms with Crippen molar-refractivity contribution in [2.75, 3.05) is 31.1 Å². The number of aromatic nitrogens is 5. The first-order valence-corrected chi connectivity index (χ1v) is 9.98. The zero-order valence-corrected chi connectivity index (χ0v) is 19.4. The molecule has 8 nitrogen and oxygen atoms in total. The van der Waals surface area contributed by atoms with Gasteiger partial charge in [-0.3, -0.25) is 4.68 Å². The van der Waals surface area contributed by atoms with Gasteiger partial charge in [-0.05, 0) is 31.2 Å². The van der Waals surface area contributed by atoms with Crippen molar-refractivity contribution in [1.29, 1.82) is 5.26 Å². The van der Waals surface area contributed by atoms with Crippen LogP contribution in [0.15, 0.2) is 42.9 Å². The predicted molar refractivity (Wildman–Crippen MR) is 130 cm³/mol. The van der Waals surface area contributed by atoms with E-state index in [2.05, 4.69) is 44.7 Å². The van der Waals surface area contributed by atoms with E-state index >= 15 is 0 Å². The van der Waals surface area contributed by atoms with Gasteiger partial charge in [0.25, 0.3) is 0 Å². The lowest BCUT2D eigenvalue weighted by Gasteiger charge is -2.28. The molecule has 32 heavy (non-hydrogen) atoms. The standard InChI is InChI=1S/C22H22N8.2ClH/c1-15-9-20(27-28(15)2)17-10-19(22-18(11-23)13-26-30(22)14-17)16-3-4-21(25-12-16)29-7-5-24-6-8-29;;/h3-4,9-10,12-14,24H,5-8H2,1-2H3;2*1H. The molecule has 0 bridgehead atoms. The van der Waals surface area contributed by atoms with Gasteiger partial charge in [-0.2, -0.15) is 15.5 Å². The summed E-state index contributed by atoms with van der Waals surface area (Å²) < 4.78 is 3.62. The minimum Gasteiger partial charge on any atom is -0.354 e. The van der Waals surface area contributed by atoms with Crippen molar-refractivity contribution in [3.63, 3.8) is 0 Å². The Balaban J connectivity index is 0.00000144. The second kappa shape index (κ2) is 9.57. The molecule has 0 amide bonds. The van der Waals surface area contributed by atoms with Crippen LogP contribution >= 0.6 is 24.8 Å². The smallest absolute Gasteiger partial charge is 0.128 e. The van der Waals surface area contributed by atoms with E-state index in [0.29, 0.717) is 5.56 Å². The number of nitrogens with zero attached hydrogens (tertiary/aromatic N) is 7. The molecule has 5 rings (SSSR count). The highest BCUT2D eigenvalue weighted by molar-refractivity contribution is 5.87. The molecule has 1 saturated heterocycles. The minimum absolute atomic E-state index is 0. The Morgan fingerprint density at radius 2 is 1.84 bits per heavy atom. The number of nitrogens with one attached hydrogen (secondary N) is 1. The summed E-state index contributed by atoms with van der Waals surface area (Å²) in [6.07, 6.45) is 5.41. The molecule has 0 radical (unpaired) electrons. The Bertz CT molecular complexity index is 1240. The molecule has 0 aliphatic carbocycles. The topological polar surface area (TPSA) is 87.1 Å². The largest absolute Gasteiger partial charge is 0.354 e. The first-order valence-electron chi connectivity index (χ1n) is 9.98. The van der Waals surface area contributed by atoms with Gasteiger partial charge in [-0.25, -0.2) is 9.50 Å². The molecule has 10 heteroatoms. The van der Waals surface area contributed by atoms with Gasteiger partial charge in [0, 0.05) is 68.0 Å². The van der Waals surface area contributed by atoms with E-state index < -0.39 is 0 Å². The van der Waals surface area contributed by atoms with Gasteiger partial charge in [0.1, 0.15) is 11.9 Å². The lowest BCUT2D eigenvalue weighted by molar-refractivity contribution is 0.585. The normalized spacial score (nSPS) is 13.3. The second-order valence-corrected chi connectivity index (χ2v) is 7.54. The Morgan fingerprint density at radius 3 is 2.47 bits per heavy atom. The molecule has 0 spiro atoms. The molecule has 4 aromatic rings. The Labute approximate surface area is 198 Å². The van der Waals surface area contributed by atoms with Gasteiger partial charge in [-0.1, -0.05) is 0 Å². The summed E-state index contributed by atoms with van der Waals surface area (Å²) in [5.41, 5.74) is 6.09. The summed E-state index contributed by atoms with van der Waals surface area (Å²) in [4.78, 5) is 6.99. The van der Waals surface area contributed by atoms with Crippen LogP contribution in [-0.4, -0.2) is 50.6 Å². The van der Waals surface area contributed by atoms with Gasteiger partial charge >= 0.3 is 0 Å². The fourth-order valence-corrected chi connectivity index (χ4v) is 3.89. The highest BCUT2D eigenvalue weighted by atomic mass is 35.5. The fourth-order valence-electron chi connectivity index (χ4n) is 3.89. The number of anilines is 1. The molecule has 4 aromatic heterocycles. The van der Waals surface area contributed by atoms with Crippen LogP contribution in [0, 0.1) is 18.3 Å². The van der Waals surface area contributed by atoms with Crippen molar-refractivity contribution >= 4 is 36.1 Å². The molecule has 1 N–H and O–H groups in total. The predicted octanol–water partition coefficient (Wildman–Crippen LogP) is 3.23. The molecule has 1 aliphatic rings. The number of hydrogen-bond acceptors (Lipinski definition) is 6. The number of halogens is 2. The molecule has 1 aliphatic heterocycles. The average Bonchev–Trinajstić information content (AvgIpc) is 3.36. The Morgan fingerprint density at radius 1 is 1.06 bits per heavy atom. The molecule has 0 aromatic carbocycles. The van der Waals surface area contributed by atoms with E-state index in [1.807, 2.05) is 37.1 Å². The summed E-state index contributed by atoms with van der Waals surface area (Å²) in [5.74, 6) is 0.974. The van der Waals surface area contributed by atoms with Crippen molar-refractivity contribution in [2.24, 2.45) is 7.05 Å². The highest BCUT2D eigenvalue weighted by Crippen LogP contribution is 2.32. The highest BCUT2D eigenvalue weighted by Gasteiger charge is 2.17. The lowest BCUT2D eigenvalue weighted by Crippen LogP contribution is -2.43. The maximum absolute atomic E-state index is 9.59. The second-order valence-electron chi connectivity index (χ2n) is 7.54. The number of nitriles is 1. The van der Waals surface area contributed by atoms with Crippen LogP contribution in [0.4, 0.5) is 5.82 Å². The summed E-state index contributed by atoms with van der Waals surface area (Å²) in [5, 5.41) is 22.0. The van der Waals surface area contributed by atoms with E-state index in [1.54, 1.807) is 10.7 Å². The van der Waals surface area contributed by atoms with Crippen LogP contribution in [0.2, 0.25) is 0 Å². The molecule has 5 heterocycles. The third kappa shape index (κ3) is 4.15. The van der Waals surface area contributed by atoms with E-state index in [-0.39, 0.29) is 24.8 Å². The zero-order chi connectivity index (χ0) is 20.7. The average molecular weight is 471 g/mol. The van der Waals surface area contributed by atoms with E-state index in [9.17, 15) is 5.26 Å². The number of aryl methyl sites for hydroxylation is 2. The van der Waals surface area contributed by atoms with Gasteiger partial charge in [0.15, 0.2) is 0 Å². The van der Waals surface area contributed by atoms with Crippen molar-refractivity contribution < 1.29 is 0 Å². The number of fused-ring (bicyclic) bond motifs is 1. The van der Waals surface area contributed by atoms with Crippen molar-refractivity contribution in [3.05, 3.63) is 54.1 Å². The van der Waals surface area contributed by atoms with Crippen LogP contribution in [-0.2, 0) is 7.05 Å². The third-order valence-electron chi connectivity index (χ3n) is 5.64. The van der Waals surface area contributed by atoms with Crippen LogP contribution < -0.4 is 10.2 Å². The maximum atomic E-state index is 9.59. The monoisotopic (exact) mass is 470 g/mol. The molecular formula is C22H24Cl2N8. The third-order valence-corrected chi connectivity index (χ3v) is 5.64. The van der Waals surface area contributed by atoms with E-state index in [0.717, 1.165) is 65.6 Å². The molecular weight excluding hydrogens is 447 g/mol. The first-order chi connectivity index (χ1) is 14.6. The van der Waals surface area contributed by atoms with Crippen LogP contribution in [0.1, 0.15) is 11.3 Å². The molecule has 0 saturated carbocycles. The summed E-state index contributed by atoms with van der Waals surface area (Å²) >= 11 is 0. The number of piperazine rings is 1. The molecule has 166 valence electrons. The summed E-state index contributed by atoms with van der Waals surface area (Å²) in [7, 11) is 1.93. The Kier molecular flexibility index (Phi) is 7.04. The van der Waals surface area contributed by atoms with Crippen molar-refractivity contribution in [3.8, 4) is 28.5 Å². The summed E-state index contributed by atoms with van der Waals surface area (Å²) in [6, 6.07) is 10.5. The van der Waals surface area contributed by atoms with E-state index in [1.165, 1.54) is 0 Å². The van der Waals surface area contributed by atoms with Gasteiger partial charge in [0.2, 0.25) is 0 Å². The zero-order valence-electron chi connectivity index (χ0n) is 17.8. The SMILES string of the molecule is Cc1cc(-c2cc(-c3ccc(N4CCNCC4)nc3)c3c(C#N)cnn3c2)nn1C.Cl.Cl. The van der Waals surface area contributed by atoms with E-state index in [4.69, 9.17) is 4.98 Å². The lowest BCUT2D eigenvalue weighted by atomic mass is 10.0. The quantitative estimate of drug-likeness (QED) is 0.494. The molecule has 0 unspecified atom stereocenters. The minimum atomic E-state index is 0. The molecule has 1 fully saturated rings. The van der Waals surface area contributed by atoms with Gasteiger partial charge < -0.3 is 10.2 Å². The molecule has 0 atom stereocenters. The van der Waals surface area contributed by atoms with Crippen molar-refractivity contribution in [1.82, 2.24) is 29.7 Å². The summed E-state index contributed by atoms with van der Waals surface area (Å²) in [6.45, 7) is 5.86. The number of hydrogen-bond donors (Lipinski definition) is 1. The van der Waals surface area contributed by atoms with Gasteiger partial charge in [-0.15, -0.1) is 24.8 Å². The first kappa shape index (κ1) is 23.5. The fraction of sp³-hybridized carbons (Fsp3) is 0.273. The van der Waals surface area contributed by atoms with Crippen LogP contribution in [0.3, 0.4) is 0 Å². The number of pyridine rings is 2. The van der Waals surface area contributed by atoms with Gasteiger partial charge in [0.05, 0.1) is 23.0 Å². The number of rotatable bonds is 3. The van der Waals surface area contributed by atoms with Crippen LogP contribution in [0.25, 0.3) is 27.9 Å². The van der Waals surface area contributed by atoms with Crippen molar-refractivity contribution in [2.45, 2.75) is 6.92 Å². The maximum Gasteiger partial charge on any atom is 0.128 e. The Hall–Kier alpha value is -3.12.